The van der Waals surface area contributed by atoms with Crippen molar-refractivity contribution in [2.24, 2.45) is 5.41 Å². The fourth-order valence-electron chi connectivity index (χ4n) is 2.75. The van der Waals surface area contributed by atoms with Crippen LogP contribution in [-0.2, 0) is 11.3 Å². The summed E-state index contributed by atoms with van der Waals surface area (Å²) in [6, 6.07) is 3.59. The lowest BCUT2D eigenvalue weighted by molar-refractivity contribution is -0.152. The van der Waals surface area contributed by atoms with Crippen LogP contribution in [0.2, 0.25) is 5.22 Å². The zero-order chi connectivity index (χ0) is 14.6. The quantitative estimate of drug-likeness (QED) is 0.816. The summed E-state index contributed by atoms with van der Waals surface area (Å²) < 4.78 is 5.34. The highest BCUT2D eigenvalue weighted by atomic mass is 35.5. The van der Waals surface area contributed by atoms with Gasteiger partial charge in [-0.25, -0.2) is 0 Å². The number of nitrogens with zero attached hydrogens (tertiary/aromatic N) is 1. The van der Waals surface area contributed by atoms with Gasteiger partial charge in [-0.3, -0.25) is 9.69 Å². The van der Waals surface area contributed by atoms with Gasteiger partial charge in [-0.1, -0.05) is 6.08 Å². The third-order valence-corrected chi connectivity index (χ3v) is 4.31. The standard InChI is InChI=1S/C15H20ClNO3/c1-2-3-6-15(14(18)19)7-9-17(10-8-15)11-12-4-5-13(16)20-12/h2,4-5H,1,3,6-11H2,(H,18,19). The molecule has 1 aliphatic heterocycles. The summed E-state index contributed by atoms with van der Waals surface area (Å²) >= 11 is 5.75. The minimum Gasteiger partial charge on any atom is -0.481 e. The number of furan rings is 1. The van der Waals surface area contributed by atoms with Crippen LogP contribution in [0.25, 0.3) is 0 Å². The molecule has 0 unspecified atom stereocenters. The van der Waals surface area contributed by atoms with Crippen LogP contribution >= 0.6 is 11.6 Å². The van der Waals surface area contributed by atoms with Crippen LogP contribution in [0, 0.1) is 5.41 Å². The number of hydrogen-bond donors (Lipinski definition) is 1. The monoisotopic (exact) mass is 297 g/mol. The van der Waals surface area contributed by atoms with Gasteiger partial charge in [0, 0.05) is 0 Å². The maximum atomic E-state index is 11.6. The molecule has 1 aliphatic rings. The Labute approximate surface area is 124 Å². The van der Waals surface area contributed by atoms with Crippen LogP contribution < -0.4 is 0 Å². The number of piperidine rings is 1. The maximum Gasteiger partial charge on any atom is 0.309 e. The molecule has 0 aliphatic carbocycles. The van der Waals surface area contributed by atoms with Crippen molar-refractivity contribution in [2.45, 2.75) is 32.2 Å². The Morgan fingerprint density at radius 3 is 2.70 bits per heavy atom. The molecule has 0 atom stereocenters. The lowest BCUT2D eigenvalue weighted by atomic mass is 9.75. The van der Waals surface area contributed by atoms with Crippen molar-refractivity contribution in [3.63, 3.8) is 0 Å². The van der Waals surface area contributed by atoms with Gasteiger partial charge in [-0.2, -0.15) is 0 Å². The van der Waals surface area contributed by atoms with E-state index in [1.54, 1.807) is 12.1 Å². The van der Waals surface area contributed by atoms with E-state index in [0.717, 1.165) is 25.3 Å². The zero-order valence-corrected chi connectivity index (χ0v) is 12.2. The van der Waals surface area contributed by atoms with Crippen LogP contribution in [0.3, 0.4) is 0 Å². The number of carboxylic acid groups (broad SMARTS) is 1. The summed E-state index contributed by atoms with van der Waals surface area (Å²) in [5, 5.41) is 9.90. The molecule has 1 aromatic heterocycles. The van der Waals surface area contributed by atoms with Crippen LogP contribution in [0.4, 0.5) is 0 Å². The molecule has 2 heterocycles. The minimum absolute atomic E-state index is 0.392. The van der Waals surface area contributed by atoms with Crippen molar-refractivity contribution in [3.8, 4) is 0 Å². The highest BCUT2D eigenvalue weighted by Gasteiger charge is 2.40. The molecule has 20 heavy (non-hydrogen) atoms. The molecule has 0 radical (unpaired) electrons. The second kappa shape index (κ2) is 6.46. The fraction of sp³-hybridized carbons (Fsp3) is 0.533. The minimum atomic E-state index is -0.681. The Kier molecular flexibility index (Phi) is 4.89. The first kappa shape index (κ1) is 15.1. The first-order valence-corrected chi connectivity index (χ1v) is 7.24. The zero-order valence-electron chi connectivity index (χ0n) is 11.5. The van der Waals surface area contributed by atoms with Crippen molar-refractivity contribution < 1.29 is 14.3 Å². The number of carboxylic acids is 1. The molecule has 0 saturated carbocycles. The molecule has 4 nitrogen and oxygen atoms in total. The van der Waals surface area contributed by atoms with Crippen LogP contribution in [0.1, 0.15) is 31.4 Å². The molecule has 0 aromatic carbocycles. The van der Waals surface area contributed by atoms with E-state index in [0.29, 0.717) is 31.0 Å². The molecule has 110 valence electrons. The van der Waals surface area contributed by atoms with Crippen molar-refractivity contribution in [1.82, 2.24) is 4.90 Å². The number of carbonyl (C=O) groups is 1. The van der Waals surface area contributed by atoms with E-state index in [4.69, 9.17) is 16.0 Å². The summed E-state index contributed by atoms with van der Waals surface area (Å²) in [7, 11) is 0. The Balaban J connectivity index is 1.92. The van der Waals surface area contributed by atoms with E-state index in [1.807, 2.05) is 6.07 Å². The van der Waals surface area contributed by atoms with Crippen LogP contribution in [0.15, 0.2) is 29.2 Å². The molecule has 0 amide bonds. The topological polar surface area (TPSA) is 53.7 Å². The second-order valence-electron chi connectivity index (χ2n) is 5.39. The fourth-order valence-corrected chi connectivity index (χ4v) is 2.91. The van der Waals surface area contributed by atoms with Crippen molar-refractivity contribution in [1.29, 1.82) is 0 Å². The number of likely N-dealkylation sites (tertiary alicyclic amines) is 1. The van der Waals surface area contributed by atoms with E-state index in [-0.39, 0.29) is 0 Å². The Morgan fingerprint density at radius 1 is 1.50 bits per heavy atom. The van der Waals surface area contributed by atoms with E-state index >= 15 is 0 Å². The highest BCUT2D eigenvalue weighted by Crippen LogP contribution is 2.37. The Bertz CT molecular complexity index is 475. The van der Waals surface area contributed by atoms with Gasteiger partial charge in [0.1, 0.15) is 5.76 Å². The largest absolute Gasteiger partial charge is 0.481 e. The molecule has 0 spiro atoms. The average molecular weight is 298 g/mol. The molecule has 1 N–H and O–H groups in total. The number of aliphatic carboxylic acids is 1. The van der Waals surface area contributed by atoms with Gasteiger partial charge in [0.15, 0.2) is 5.22 Å². The third kappa shape index (κ3) is 3.44. The summed E-state index contributed by atoms with van der Waals surface area (Å²) in [5.41, 5.74) is -0.592. The predicted octanol–water partition coefficient (Wildman–Crippen LogP) is 3.57. The molecule has 1 aromatic rings. The van der Waals surface area contributed by atoms with Crippen molar-refractivity contribution in [2.75, 3.05) is 13.1 Å². The summed E-state index contributed by atoms with van der Waals surface area (Å²) in [6.45, 7) is 5.90. The Morgan fingerprint density at radius 2 is 2.20 bits per heavy atom. The molecular formula is C15H20ClNO3. The highest BCUT2D eigenvalue weighted by molar-refractivity contribution is 6.28. The van der Waals surface area contributed by atoms with Gasteiger partial charge in [-0.15, -0.1) is 6.58 Å². The van der Waals surface area contributed by atoms with E-state index in [1.165, 1.54) is 0 Å². The van der Waals surface area contributed by atoms with Gasteiger partial charge < -0.3 is 9.52 Å². The van der Waals surface area contributed by atoms with Gasteiger partial charge in [0.25, 0.3) is 0 Å². The maximum absolute atomic E-state index is 11.6. The average Bonchev–Trinajstić information content (AvgIpc) is 2.83. The van der Waals surface area contributed by atoms with E-state index in [2.05, 4.69) is 11.5 Å². The summed E-state index contributed by atoms with van der Waals surface area (Å²) in [6.07, 6.45) is 4.56. The number of allylic oxidation sites excluding steroid dienone is 1. The van der Waals surface area contributed by atoms with E-state index < -0.39 is 11.4 Å². The molecule has 5 heteroatoms. The first-order chi connectivity index (χ1) is 9.55. The van der Waals surface area contributed by atoms with Gasteiger partial charge in [0.05, 0.1) is 12.0 Å². The molecule has 1 fully saturated rings. The number of halogens is 1. The van der Waals surface area contributed by atoms with Crippen LogP contribution in [-0.4, -0.2) is 29.1 Å². The normalized spacial score (nSPS) is 18.9. The number of hydrogen-bond acceptors (Lipinski definition) is 3. The SMILES string of the molecule is C=CCCC1(C(=O)O)CCN(Cc2ccc(Cl)o2)CC1. The van der Waals surface area contributed by atoms with Crippen molar-refractivity contribution >= 4 is 17.6 Å². The Hall–Kier alpha value is -1.26. The molecule has 2 rings (SSSR count). The lowest BCUT2D eigenvalue weighted by Gasteiger charge is -2.38. The second-order valence-corrected chi connectivity index (χ2v) is 5.77. The van der Waals surface area contributed by atoms with Gasteiger partial charge in [-0.05, 0) is 62.5 Å². The van der Waals surface area contributed by atoms with E-state index in [9.17, 15) is 9.90 Å². The molecular weight excluding hydrogens is 278 g/mol. The van der Waals surface area contributed by atoms with Gasteiger partial charge in [0.2, 0.25) is 0 Å². The third-order valence-electron chi connectivity index (χ3n) is 4.10. The van der Waals surface area contributed by atoms with Crippen LogP contribution in [0.5, 0.6) is 0 Å². The summed E-state index contributed by atoms with van der Waals surface area (Å²) in [4.78, 5) is 13.8. The van der Waals surface area contributed by atoms with Gasteiger partial charge >= 0.3 is 5.97 Å². The molecule has 1 saturated heterocycles. The first-order valence-electron chi connectivity index (χ1n) is 6.87. The lowest BCUT2D eigenvalue weighted by Crippen LogP contribution is -2.44. The summed E-state index contributed by atoms with van der Waals surface area (Å²) in [5.74, 6) is 0.143. The smallest absolute Gasteiger partial charge is 0.309 e. The van der Waals surface area contributed by atoms with Crippen molar-refractivity contribution in [3.05, 3.63) is 35.8 Å². The number of rotatable bonds is 6. The predicted molar refractivity (Wildman–Crippen MR) is 77.7 cm³/mol. The molecule has 0 bridgehead atoms.